The minimum absolute atomic E-state index is 0.506. The van der Waals surface area contributed by atoms with Gasteiger partial charge in [-0.3, -0.25) is 4.79 Å². The predicted molar refractivity (Wildman–Crippen MR) is 76.8 cm³/mol. The van der Waals surface area contributed by atoms with Crippen LogP contribution in [0.4, 0.5) is 5.69 Å². The van der Waals surface area contributed by atoms with Crippen LogP contribution in [-0.2, 0) is 21.2 Å². The van der Waals surface area contributed by atoms with E-state index in [0.29, 0.717) is 12.2 Å². The van der Waals surface area contributed by atoms with Crippen molar-refractivity contribution in [2.45, 2.75) is 18.7 Å². The van der Waals surface area contributed by atoms with Crippen molar-refractivity contribution >= 4 is 21.4 Å². The minimum Gasteiger partial charge on any atom is -0.325 e. The van der Waals surface area contributed by atoms with Gasteiger partial charge in [-0.05, 0) is 32.6 Å². The van der Waals surface area contributed by atoms with Crippen LogP contribution in [0.15, 0.2) is 24.3 Å². The van der Waals surface area contributed by atoms with E-state index in [0.717, 1.165) is 11.8 Å². The van der Waals surface area contributed by atoms with Crippen molar-refractivity contribution in [3.05, 3.63) is 29.8 Å². The maximum Gasteiger partial charge on any atom is 0.242 e. The first-order chi connectivity index (χ1) is 8.71. The van der Waals surface area contributed by atoms with Crippen molar-refractivity contribution in [2.24, 2.45) is 0 Å². The quantitative estimate of drug-likeness (QED) is 0.880. The van der Waals surface area contributed by atoms with Gasteiger partial charge in [0.25, 0.3) is 0 Å². The molecular formula is C13H20N2O3S. The van der Waals surface area contributed by atoms with Gasteiger partial charge >= 0.3 is 0 Å². The average Bonchev–Trinajstić information content (AvgIpc) is 2.28. The van der Waals surface area contributed by atoms with Crippen molar-refractivity contribution in [3.8, 4) is 0 Å². The summed E-state index contributed by atoms with van der Waals surface area (Å²) in [6, 6.07) is 7.36. The van der Waals surface area contributed by atoms with Gasteiger partial charge in [0, 0.05) is 18.5 Å². The first-order valence-corrected chi connectivity index (χ1v) is 7.89. The van der Waals surface area contributed by atoms with E-state index in [1.54, 1.807) is 12.1 Å². The Labute approximate surface area is 114 Å². The summed E-state index contributed by atoms with van der Waals surface area (Å²) in [6.45, 7) is 2.06. The molecule has 1 aromatic rings. The van der Waals surface area contributed by atoms with Crippen molar-refractivity contribution in [3.63, 3.8) is 0 Å². The lowest BCUT2D eigenvalue weighted by atomic mass is 10.1. The molecule has 0 saturated heterocycles. The Morgan fingerprint density at radius 2 is 1.89 bits per heavy atom. The Hall–Kier alpha value is -1.40. The molecule has 0 aromatic heterocycles. The van der Waals surface area contributed by atoms with E-state index >= 15 is 0 Å². The van der Waals surface area contributed by atoms with Gasteiger partial charge < -0.3 is 10.2 Å². The van der Waals surface area contributed by atoms with Crippen LogP contribution in [-0.4, -0.2) is 44.8 Å². The lowest BCUT2D eigenvalue weighted by Gasteiger charge is -2.16. The normalized spacial score (nSPS) is 13.3. The molecule has 1 amide bonds. The molecule has 0 saturated carbocycles. The second-order valence-corrected chi connectivity index (χ2v) is 7.22. The van der Waals surface area contributed by atoms with E-state index in [-0.39, 0.29) is 0 Å². The Kier molecular flexibility index (Phi) is 5.08. The maximum atomic E-state index is 11.9. The molecule has 0 bridgehead atoms. The minimum atomic E-state index is -3.38. The summed E-state index contributed by atoms with van der Waals surface area (Å²) in [5.74, 6) is -0.506. The first kappa shape index (κ1) is 15.7. The molecule has 1 aromatic carbocycles. The number of benzene rings is 1. The first-order valence-electron chi connectivity index (χ1n) is 5.94. The van der Waals surface area contributed by atoms with Crippen molar-refractivity contribution in [1.29, 1.82) is 0 Å². The van der Waals surface area contributed by atoms with Gasteiger partial charge in [-0.15, -0.1) is 0 Å². The molecule has 1 atom stereocenters. The topological polar surface area (TPSA) is 66.5 Å². The third kappa shape index (κ3) is 4.65. The van der Waals surface area contributed by atoms with Crippen molar-refractivity contribution in [2.75, 3.05) is 25.7 Å². The van der Waals surface area contributed by atoms with Crippen LogP contribution in [0.3, 0.4) is 0 Å². The number of carbonyl (C=O) groups excluding carboxylic acids is 1. The number of para-hydroxylation sites is 1. The highest BCUT2D eigenvalue weighted by atomic mass is 32.2. The third-order valence-electron chi connectivity index (χ3n) is 2.77. The third-order valence-corrected chi connectivity index (χ3v) is 4.27. The van der Waals surface area contributed by atoms with Crippen LogP contribution < -0.4 is 5.32 Å². The molecule has 0 radical (unpaired) electrons. The summed E-state index contributed by atoms with van der Waals surface area (Å²) in [4.78, 5) is 13.9. The lowest BCUT2D eigenvalue weighted by Crippen LogP contribution is -2.32. The molecule has 0 fully saturated rings. The Balaban J connectivity index is 2.91. The summed E-state index contributed by atoms with van der Waals surface area (Å²) in [7, 11) is 0.476. The Bertz CT molecular complexity index is 553. The number of carbonyl (C=O) groups is 1. The van der Waals surface area contributed by atoms with Crippen LogP contribution in [0, 0.1) is 0 Å². The zero-order valence-electron chi connectivity index (χ0n) is 11.7. The molecule has 0 heterocycles. The van der Waals surface area contributed by atoms with Crippen molar-refractivity contribution in [1.82, 2.24) is 4.90 Å². The van der Waals surface area contributed by atoms with E-state index in [1.165, 1.54) is 6.92 Å². The molecule has 5 nitrogen and oxygen atoms in total. The molecule has 0 aliphatic carbocycles. The second-order valence-electron chi connectivity index (χ2n) is 4.86. The van der Waals surface area contributed by atoms with Crippen LogP contribution >= 0.6 is 0 Å². The fraction of sp³-hybridized carbons (Fsp3) is 0.462. The van der Waals surface area contributed by atoms with Crippen LogP contribution in [0.1, 0.15) is 12.5 Å². The lowest BCUT2D eigenvalue weighted by molar-refractivity contribution is -0.115. The zero-order valence-corrected chi connectivity index (χ0v) is 12.5. The highest BCUT2D eigenvalue weighted by Gasteiger charge is 2.23. The van der Waals surface area contributed by atoms with Gasteiger partial charge in [0.2, 0.25) is 5.91 Å². The molecular weight excluding hydrogens is 264 g/mol. The summed E-state index contributed by atoms with van der Waals surface area (Å²) in [5.41, 5.74) is 1.60. The van der Waals surface area contributed by atoms with Gasteiger partial charge in [-0.25, -0.2) is 8.42 Å². The summed E-state index contributed by atoms with van der Waals surface area (Å²) >= 11 is 0. The number of hydrogen-bond acceptors (Lipinski definition) is 4. The van der Waals surface area contributed by atoms with Crippen LogP contribution in [0.5, 0.6) is 0 Å². The maximum absolute atomic E-state index is 11.9. The highest BCUT2D eigenvalue weighted by Crippen LogP contribution is 2.17. The number of hydrogen-bond donors (Lipinski definition) is 1. The summed E-state index contributed by atoms with van der Waals surface area (Å²) in [5, 5.41) is 1.62. The standard InChI is InChI=1S/C13H20N2O3S/c1-10(19(4,17)18)13(16)14-12-8-6-5-7-11(12)9-15(2)3/h5-8,10H,9H2,1-4H3,(H,14,16)/t10-/m0/s1. The largest absolute Gasteiger partial charge is 0.325 e. The molecule has 19 heavy (non-hydrogen) atoms. The van der Waals surface area contributed by atoms with Crippen LogP contribution in [0.25, 0.3) is 0 Å². The zero-order chi connectivity index (χ0) is 14.6. The molecule has 1 rings (SSSR count). The van der Waals surface area contributed by atoms with Gasteiger partial charge in [0.1, 0.15) is 5.25 Å². The number of nitrogens with zero attached hydrogens (tertiary/aromatic N) is 1. The van der Waals surface area contributed by atoms with Gasteiger partial charge in [-0.1, -0.05) is 18.2 Å². The van der Waals surface area contributed by atoms with E-state index in [2.05, 4.69) is 5.32 Å². The molecule has 1 N–H and O–H groups in total. The number of nitrogens with one attached hydrogen (secondary N) is 1. The molecule has 0 aliphatic rings. The van der Waals surface area contributed by atoms with Gasteiger partial charge in [0.05, 0.1) is 0 Å². The van der Waals surface area contributed by atoms with E-state index < -0.39 is 21.0 Å². The average molecular weight is 284 g/mol. The number of anilines is 1. The smallest absolute Gasteiger partial charge is 0.242 e. The number of amides is 1. The molecule has 106 valence electrons. The fourth-order valence-corrected chi connectivity index (χ4v) is 2.00. The molecule has 6 heteroatoms. The monoisotopic (exact) mass is 284 g/mol. The van der Waals surface area contributed by atoms with Gasteiger partial charge in [-0.2, -0.15) is 0 Å². The Morgan fingerprint density at radius 1 is 1.32 bits per heavy atom. The van der Waals surface area contributed by atoms with E-state index in [1.807, 2.05) is 31.1 Å². The van der Waals surface area contributed by atoms with E-state index in [9.17, 15) is 13.2 Å². The second kappa shape index (κ2) is 6.16. The molecule has 0 unspecified atom stereocenters. The predicted octanol–water partition coefficient (Wildman–Crippen LogP) is 1.12. The highest BCUT2D eigenvalue weighted by molar-refractivity contribution is 7.92. The number of sulfone groups is 1. The molecule has 0 aliphatic heterocycles. The SMILES string of the molecule is C[C@@H](C(=O)Nc1ccccc1CN(C)C)S(C)(=O)=O. The Morgan fingerprint density at radius 3 is 2.42 bits per heavy atom. The number of rotatable bonds is 5. The fourth-order valence-electron chi connectivity index (χ4n) is 1.55. The van der Waals surface area contributed by atoms with E-state index in [4.69, 9.17) is 0 Å². The molecule has 0 spiro atoms. The summed E-state index contributed by atoms with van der Waals surface area (Å²) in [6.07, 6.45) is 1.06. The summed E-state index contributed by atoms with van der Waals surface area (Å²) < 4.78 is 22.7. The van der Waals surface area contributed by atoms with Crippen LogP contribution in [0.2, 0.25) is 0 Å². The van der Waals surface area contributed by atoms with Crippen molar-refractivity contribution < 1.29 is 13.2 Å². The van der Waals surface area contributed by atoms with Gasteiger partial charge in [0.15, 0.2) is 9.84 Å².